The lowest BCUT2D eigenvalue weighted by atomic mass is 10.2. The molecule has 2 aromatic rings. The van der Waals surface area contributed by atoms with Crippen molar-refractivity contribution in [2.24, 2.45) is 0 Å². The van der Waals surface area contributed by atoms with Crippen molar-refractivity contribution < 1.29 is 10.3 Å². The van der Waals surface area contributed by atoms with Crippen LogP contribution in [0.15, 0.2) is 21.5 Å². The summed E-state index contributed by atoms with van der Waals surface area (Å²) in [6.07, 6.45) is 1.43. The molecular weight excluding hydrogens is 264 g/mol. The molecule has 0 saturated carbocycles. The Morgan fingerprint density at radius 3 is 2.87 bits per heavy atom. The van der Waals surface area contributed by atoms with Crippen LogP contribution in [-0.4, -0.2) is 20.0 Å². The highest BCUT2D eigenvalue weighted by Gasteiger charge is 2.13. The van der Waals surface area contributed by atoms with E-state index in [-0.39, 0.29) is 17.0 Å². The summed E-state index contributed by atoms with van der Waals surface area (Å²) in [4.78, 5) is 15.2. The third-order valence-electron chi connectivity index (χ3n) is 2.16. The first-order chi connectivity index (χ1) is 7.02. The first-order valence-corrected chi connectivity index (χ1v) is 4.90. The third-order valence-corrected chi connectivity index (χ3v) is 2.59. The van der Waals surface area contributed by atoms with E-state index in [1.165, 1.54) is 13.1 Å². The molecule has 5 nitrogen and oxygen atoms in total. The molecule has 0 spiro atoms. The molecule has 0 fully saturated rings. The van der Waals surface area contributed by atoms with Crippen LogP contribution in [0.2, 0.25) is 0 Å². The molecule has 0 atom stereocenters. The first kappa shape index (κ1) is 9.97. The average molecular weight is 271 g/mol. The van der Waals surface area contributed by atoms with Crippen molar-refractivity contribution in [3.8, 4) is 5.75 Å². The topological polar surface area (TPSA) is 75.3 Å². The highest BCUT2D eigenvalue weighted by Crippen LogP contribution is 2.26. The molecule has 2 heterocycles. The summed E-state index contributed by atoms with van der Waals surface area (Å²) >= 11 is 3.19. The maximum Gasteiger partial charge on any atom is 0.291 e. The number of nitrogens with zero attached hydrogens (tertiary/aromatic N) is 2. The van der Waals surface area contributed by atoms with Crippen LogP contribution in [0.25, 0.3) is 11.0 Å². The molecule has 6 heteroatoms. The Kier molecular flexibility index (Phi) is 2.15. The van der Waals surface area contributed by atoms with E-state index in [4.69, 9.17) is 0 Å². The van der Waals surface area contributed by atoms with Crippen molar-refractivity contribution in [1.29, 1.82) is 0 Å². The van der Waals surface area contributed by atoms with Crippen LogP contribution in [-0.2, 0) is 0 Å². The van der Waals surface area contributed by atoms with Gasteiger partial charge in [-0.1, -0.05) is 0 Å². The summed E-state index contributed by atoms with van der Waals surface area (Å²) in [7, 11) is 0. The Hall–Kier alpha value is -1.56. The second-order valence-electron chi connectivity index (χ2n) is 3.12. The lowest BCUT2D eigenvalue weighted by Gasteiger charge is -2.06. The quantitative estimate of drug-likeness (QED) is 0.710. The number of rotatable bonds is 0. The minimum Gasteiger partial charge on any atom is -0.507 e. The van der Waals surface area contributed by atoms with E-state index >= 15 is 0 Å². The molecule has 78 valence electrons. The third kappa shape index (κ3) is 1.37. The fraction of sp³-hybridized carbons (Fsp3) is 0.111. The van der Waals surface area contributed by atoms with Crippen LogP contribution >= 0.6 is 15.9 Å². The SMILES string of the molecule is Cc1c(O)c2cc(Br)cnc2n(O)c1=O. The lowest BCUT2D eigenvalue weighted by Crippen LogP contribution is -2.21. The van der Waals surface area contributed by atoms with Crippen LogP contribution in [0.5, 0.6) is 5.75 Å². The van der Waals surface area contributed by atoms with Gasteiger partial charge in [0, 0.05) is 10.7 Å². The van der Waals surface area contributed by atoms with Gasteiger partial charge >= 0.3 is 0 Å². The van der Waals surface area contributed by atoms with Crippen molar-refractivity contribution in [1.82, 2.24) is 9.71 Å². The largest absolute Gasteiger partial charge is 0.507 e. The molecule has 0 unspecified atom stereocenters. The Balaban J connectivity index is 3.07. The van der Waals surface area contributed by atoms with Crippen LogP contribution in [0.1, 0.15) is 5.56 Å². The van der Waals surface area contributed by atoms with Crippen molar-refractivity contribution in [3.63, 3.8) is 0 Å². The molecule has 0 radical (unpaired) electrons. The Labute approximate surface area is 92.7 Å². The standard InChI is InChI=1S/C9H7BrN2O3/c1-4-7(13)6-2-5(10)3-11-8(6)12(15)9(4)14/h2-3,13,15H,1H3. The highest BCUT2D eigenvalue weighted by molar-refractivity contribution is 9.10. The van der Waals surface area contributed by atoms with Crippen LogP contribution < -0.4 is 5.56 Å². The number of aromatic nitrogens is 2. The van der Waals surface area contributed by atoms with Gasteiger partial charge < -0.3 is 10.3 Å². The molecule has 0 aliphatic heterocycles. The minimum atomic E-state index is -0.671. The fourth-order valence-corrected chi connectivity index (χ4v) is 1.66. The van der Waals surface area contributed by atoms with E-state index in [9.17, 15) is 15.1 Å². The average Bonchev–Trinajstić information content (AvgIpc) is 2.23. The Bertz CT molecular complexity index is 606. The van der Waals surface area contributed by atoms with Crippen LogP contribution in [0.4, 0.5) is 0 Å². The predicted octanol–water partition coefficient (Wildman–Crippen LogP) is 1.41. The molecule has 15 heavy (non-hydrogen) atoms. The predicted molar refractivity (Wildman–Crippen MR) is 57.3 cm³/mol. The minimum absolute atomic E-state index is 0.0336. The monoisotopic (exact) mass is 270 g/mol. The van der Waals surface area contributed by atoms with Crippen LogP contribution in [0.3, 0.4) is 0 Å². The summed E-state index contributed by atoms with van der Waals surface area (Å²) in [6.45, 7) is 1.44. The van der Waals surface area contributed by atoms with Crippen molar-refractivity contribution in [2.45, 2.75) is 6.92 Å². The Morgan fingerprint density at radius 2 is 2.20 bits per heavy atom. The van der Waals surface area contributed by atoms with E-state index in [1.807, 2.05) is 0 Å². The van der Waals surface area contributed by atoms with Gasteiger partial charge in [0.25, 0.3) is 5.56 Å². The number of fused-ring (bicyclic) bond motifs is 1. The molecule has 0 aliphatic carbocycles. The number of hydrogen-bond acceptors (Lipinski definition) is 4. The van der Waals surface area contributed by atoms with E-state index in [0.717, 1.165) is 0 Å². The van der Waals surface area contributed by atoms with E-state index in [1.54, 1.807) is 6.07 Å². The number of pyridine rings is 2. The summed E-state index contributed by atoms with van der Waals surface area (Å²) in [6, 6.07) is 1.58. The molecular formula is C9H7BrN2O3. The van der Waals surface area contributed by atoms with Gasteiger partial charge in [-0.15, -0.1) is 4.73 Å². The molecule has 0 saturated heterocycles. The van der Waals surface area contributed by atoms with Crippen molar-refractivity contribution in [2.75, 3.05) is 0 Å². The van der Waals surface area contributed by atoms with Gasteiger partial charge in [-0.25, -0.2) is 4.98 Å². The summed E-state index contributed by atoms with van der Waals surface area (Å²) in [5.41, 5.74) is -0.550. The van der Waals surface area contributed by atoms with Gasteiger partial charge in [0.15, 0.2) is 5.65 Å². The summed E-state index contributed by atoms with van der Waals surface area (Å²) in [5.74, 6) is -0.158. The highest BCUT2D eigenvalue weighted by atomic mass is 79.9. The number of aromatic hydroxyl groups is 1. The van der Waals surface area contributed by atoms with Gasteiger partial charge in [-0.2, -0.15) is 0 Å². The van der Waals surface area contributed by atoms with Gasteiger partial charge in [0.1, 0.15) is 5.75 Å². The first-order valence-electron chi connectivity index (χ1n) is 4.11. The second kappa shape index (κ2) is 3.23. The zero-order valence-corrected chi connectivity index (χ0v) is 9.32. The molecule has 0 bridgehead atoms. The molecule has 0 aliphatic rings. The van der Waals surface area contributed by atoms with E-state index in [2.05, 4.69) is 20.9 Å². The maximum atomic E-state index is 11.4. The molecule has 0 aromatic carbocycles. The normalized spacial score (nSPS) is 10.8. The van der Waals surface area contributed by atoms with Crippen molar-refractivity contribution >= 4 is 27.0 Å². The molecule has 2 rings (SSSR count). The fourth-order valence-electron chi connectivity index (χ4n) is 1.33. The van der Waals surface area contributed by atoms with Gasteiger partial charge in [0.2, 0.25) is 0 Å². The van der Waals surface area contributed by atoms with Crippen LogP contribution in [0, 0.1) is 6.92 Å². The summed E-state index contributed by atoms with van der Waals surface area (Å²) < 4.78 is 1.08. The van der Waals surface area contributed by atoms with Gasteiger partial charge in [-0.05, 0) is 28.9 Å². The maximum absolute atomic E-state index is 11.4. The summed E-state index contributed by atoms with van der Waals surface area (Å²) in [5, 5.41) is 19.5. The van der Waals surface area contributed by atoms with E-state index < -0.39 is 5.56 Å². The molecule has 2 aromatic heterocycles. The second-order valence-corrected chi connectivity index (χ2v) is 4.03. The molecule has 2 N–H and O–H groups in total. The van der Waals surface area contributed by atoms with Gasteiger partial charge in [-0.3, -0.25) is 4.79 Å². The zero-order chi connectivity index (χ0) is 11.2. The van der Waals surface area contributed by atoms with Crippen molar-refractivity contribution in [3.05, 3.63) is 32.7 Å². The van der Waals surface area contributed by atoms with E-state index in [0.29, 0.717) is 14.6 Å². The Morgan fingerprint density at radius 1 is 1.53 bits per heavy atom. The number of hydrogen-bond donors (Lipinski definition) is 2. The number of halogens is 1. The van der Waals surface area contributed by atoms with Gasteiger partial charge in [0.05, 0.1) is 10.9 Å². The lowest BCUT2D eigenvalue weighted by molar-refractivity contribution is 0.185. The smallest absolute Gasteiger partial charge is 0.291 e. The molecule has 0 amide bonds. The zero-order valence-electron chi connectivity index (χ0n) is 7.73.